The van der Waals surface area contributed by atoms with Gasteiger partial charge in [-0.05, 0) is 427 Å². The number of likely N-dealkylation sites (tertiary alicyclic amines) is 2. The summed E-state index contributed by atoms with van der Waals surface area (Å²) in [5.41, 5.74) is 22.0. The number of nitro benzene ring substituents is 2. The van der Waals surface area contributed by atoms with Crippen molar-refractivity contribution in [2.24, 2.45) is 189 Å². The molecule has 4 aromatic heterocycles. The van der Waals surface area contributed by atoms with Crippen molar-refractivity contribution in [1.29, 1.82) is 0 Å². The van der Waals surface area contributed by atoms with E-state index in [9.17, 15) is 20.2 Å². The van der Waals surface area contributed by atoms with Crippen LogP contribution in [0.1, 0.15) is 191 Å². The summed E-state index contributed by atoms with van der Waals surface area (Å²) in [5.74, 6) is 29.3. The zero-order valence-electron chi connectivity index (χ0n) is 77.2. The van der Waals surface area contributed by atoms with Gasteiger partial charge >= 0.3 is 0 Å². The van der Waals surface area contributed by atoms with E-state index in [0.29, 0.717) is 113 Å². The van der Waals surface area contributed by atoms with Gasteiger partial charge in [0.2, 0.25) is 0 Å². The number of aromatic nitrogens is 4. The second kappa shape index (κ2) is 28.1. The van der Waals surface area contributed by atoms with Crippen LogP contribution >= 0.6 is 0 Å². The highest BCUT2D eigenvalue weighted by Crippen LogP contribution is 2.76. The van der Waals surface area contributed by atoms with E-state index < -0.39 is 0 Å². The fourth-order valence-corrected chi connectivity index (χ4v) is 42.5. The SMILES string of the molecule is Nc1ccc2c(c1)c(CN1CC3CCC4C5CCC6C7CCCC8CCCC(C87)[C@@H]7CCC(C8CCC(C1)C3C48)C5C67)c1cc(N)cc3c1c2nc1c2ccc(-c4ccc5c6c4cccc6c(=O)n4c6cc([N+](=O)[O-])cc7c(CN8CC9CCC%10C%11CCC%12C%13CCCC%14CCCC(C%15CCC(C%16CCC(C8)C9C%10%16)C%11C%12%15)C%14%13)c8cc([N+](=O)[O-])ccc8c(nc54)c76)c4cccc(c(=O)n31)c42. The number of benzene rings is 10. The Morgan fingerprint density at radius 2 is 0.627 bits per heavy atom. The molecule has 2 aliphatic heterocycles. The van der Waals surface area contributed by atoms with Crippen LogP contribution in [0, 0.1) is 210 Å². The summed E-state index contributed by atoms with van der Waals surface area (Å²) in [6, 6.07) is 39.1. The number of piperidine rings is 2. The molecule has 25 unspecified atom stereocenters. The van der Waals surface area contributed by atoms with Gasteiger partial charge in [-0.25, -0.2) is 9.97 Å². The summed E-state index contributed by atoms with van der Waals surface area (Å²) in [5, 5.41) is 39.2. The molecule has 16 heteroatoms. The van der Waals surface area contributed by atoms with Crippen LogP contribution < -0.4 is 22.6 Å². The summed E-state index contributed by atoms with van der Waals surface area (Å²) in [4.78, 5) is 75.5. The maximum atomic E-state index is 16.2. The molecule has 16 aliphatic carbocycles. The monoisotopic (exact) mass is 1780 g/mol. The minimum Gasteiger partial charge on any atom is -0.399 e. The fraction of sp³-hybridized carbons (Fsp3) is 0.559. The Morgan fingerprint density at radius 1 is 0.291 bits per heavy atom. The van der Waals surface area contributed by atoms with E-state index >= 15 is 9.59 Å². The van der Waals surface area contributed by atoms with Gasteiger partial charge in [-0.2, -0.15) is 0 Å². The Bertz CT molecular complexity index is 7530. The highest BCUT2D eigenvalue weighted by Gasteiger charge is 2.70. The summed E-state index contributed by atoms with van der Waals surface area (Å²) in [6.45, 7) is 5.37. The van der Waals surface area contributed by atoms with Crippen LogP contribution in [0.25, 0.3) is 131 Å². The van der Waals surface area contributed by atoms with Gasteiger partial charge in [0.25, 0.3) is 22.5 Å². The number of anilines is 2. The van der Waals surface area contributed by atoms with Crippen LogP contribution in [-0.2, 0) is 13.1 Å². The topological polar surface area (TPSA) is 214 Å². The van der Waals surface area contributed by atoms with Gasteiger partial charge in [0.05, 0.1) is 31.9 Å². The van der Waals surface area contributed by atoms with E-state index in [1.54, 1.807) is 54.3 Å². The van der Waals surface area contributed by atoms with Crippen LogP contribution in [0.3, 0.4) is 0 Å². The van der Waals surface area contributed by atoms with E-state index in [1.807, 2.05) is 52.9 Å². The Hall–Kier alpha value is -9.64. The van der Waals surface area contributed by atoms with E-state index in [-0.39, 0.29) is 32.3 Å². The number of rotatable bonds is 7. The Labute approximate surface area is 780 Å². The minimum absolute atomic E-state index is 0.0470. The van der Waals surface area contributed by atoms with Crippen molar-refractivity contribution in [3.8, 4) is 11.1 Å². The number of hydrogen-bond donors (Lipinski definition) is 2. The molecule has 16 nitrogen and oxygen atoms in total. The zero-order chi connectivity index (χ0) is 88.0. The van der Waals surface area contributed by atoms with E-state index in [4.69, 9.17) is 21.4 Å². The molecule has 4 N–H and O–H groups in total. The number of nitro groups is 2. The molecule has 682 valence electrons. The first-order valence-electron chi connectivity index (χ1n) is 54.1. The molecule has 18 aliphatic rings. The second-order valence-corrected chi connectivity index (χ2v) is 49.2. The summed E-state index contributed by atoms with van der Waals surface area (Å²) >= 11 is 0. The van der Waals surface area contributed by atoms with E-state index in [1.165, 1.54) is 160 Å². The molecule has 0 radical (unpaired) electrons. The van der Waals surface area contributed by atoms with Gasteiger partial charge < -0.3 is 11.5 Å². The predicted octanol–water partition coefficient (Wildman–Crippen LogP) is 25.2. The summed E-state index contributed by atoms with van der Waals surface area (Å²) in [6.07, 6.45) is 41.1. The normalized spacial score (nSPS) is 38.8. The number of nitrogen functional groups attached to an aromatic ring is 2. The van der Waals surface area contributed by atoms with Crippen LogP contribution in [0.2, 0.25) is 0 Å². The maximum absolute atomic E-state index is 16.2. The molecule has 14 aromatic rings. The van der Waals surface area contributed by atoms with Gasteiger partial charge in [0.1, 0.15) is 11.3 Å². The molecular formula is C118H124N10O6. The highest BCUT2D eigenvalue weighted by atomic mass is 16.6. The number of non-ortho nitro benzene ring substituents is 2. The quantitative estimate of drug-likeness (QED) is 0.0501. The summed E-state index contributed by atoms with van der Waals surface area (Å²) in [7, 11) is 0. The molecule has 18 fully saturated rings. The van der Waals surface area contributed by atoms with Crippen molar-refractivity contribution < 1.29 is 9.85 Å². The molecule has 0 amide bonds. The highest BCUT2D eigenvalue weighted by molar-refractivity contribution is 6.28. The fourth-order valence-electron chi connectivity index (χ4n) is 42.5. The van der Waals surface area contributed by atoms with Crippen LogP contribution in [0.15, 0.2) is 131 Å². The smallest absolute Gasteiger partial charge is 0.272 e. The first kappa shape index (κ1) is 78.4. The van der Waals surface area contributed by atoms with Crippen molar-refractivity contribution in [2.75, 3.05) is 37.6 Å². The summed E-state index contributed by atoms with van der Waals surface area (Å²) < 4.78 is 3.46. The van der Waals surface area contributed by atoms with Crippen LogP contribution in [0.4, 0.5) is 22.7 Å². The van der Waals surface area contributed by atoms with Gasteiger partial charge in [0.15, 0.2) is 0 Å². The van der Waals surface area contributed by atoms with Gasteiger partial charge in [-0.3, -0.25) is 48.4 Å². The lowest BCUT2D eigenvalue weighted by Gasteiger charge is -2.71. The van der Waals surface area contributed by atoms with Crippen LogP contribution in [0.5, 0.6) is 0 Å². The zero-order valence-corrected chi connectivity index (χ0v) is 77.2. The number of fused-ring (bicyclic) bond motifs is 18. The lowest BCUT2D eigenvalue weighted by Crippen LogP contribution is -2.66. The third-order valence-electron chi connectivity index (χ3n) is 45.4. The number of hydrogen-bond acceptors (Lipinski definition) is 12. The Morgan fingerprint density at radius 3 is 1.04 bits per heavy atom. The van der Waals surface area contributed by atoms with Crippen molar-refractivity contribution in [3.63, 3.8) is 0 Å². The molecule has 0 spiro atoms. The molecule has 32 rings (SSSR count). The first-order valence-corrected chi connectivity index (χ1v) is 54.1. The maximum Gasteiger partial charge on any atom is 0.272 e. The van der Waals surface area contributed by atoms with Crippen molar-refractivity contribution in [1.82, 2.24) is 28.6 Å². The third-order valence-corrected chi connectivity index (χ3v) is 45.4. The second-order valence-electron chi connectivity index (χ2n) is 49.2. The van der Waals surface area contributed by atoms with Gasteiger partial charge in [-0.15, -0.1) is 0 Å². The molecule has 2 saturated heterocycles. The molecule has 16 saturated carbocycles. The molecule has 134 heavy (non-hydrogen) atoms. The molecule has 6 heterocycles. The minimum atomic E-state index is -0.350. The van der Waals surface area contributed by atoms with Crippen molar-refractivity contribution >= 4 is 142 Å². The van der Waals surface area contributed by atoms with Crippen molar-refractivity contribution in [3.05, 3.63) is 173 Å². The predicted molar refractivity (Wildman–Crippen MR) is 533 cm³/mol. The number of nitrogens with two attached hydrogens (primary N) is 2. The molecule has 0 bridgehead atoms. The van der Waals surface area contributed by atoms with Crippen molar-refractivity contribution in [2.45, 2.75) is 193 Å². The van der Waals surface area contributed by atoms with Gasteiger partial charge in [0, 0.05) is 129 Å². The average molecular weight is 1780 g/mol. The average Bonchev–Trinajstić information content (AvgIpc) is 0.695. The number of nitrogens with zero attached hydrogens (tertiary/aromatic N) is 8. The van der Waals surface area contributed by atoms with E-state index in [2.05, 4.69) is 58.3 Å². The largest absolute Gasteiger partial charge is 0.399 e. The van der Waals surface area contributed by atoms with Gasteiger partial charge in [-0.1, -0.05) is 93.8 Å². The lowest BCUT2D eigenvalue weighted by atomic mass is 9.34. The Kier molecular flexibility index (Phi) is 16.4. The lowest BCUT2D eigenvalue weighted by molar-refractivity contribution is -0.384. The Balaban J connectivity index is 0.473. The van der Waals surface area contributed by atoms with Crippen LogP contribution in [-0.4, -0.2) is 64.6 Å². The molecular weight excluding hydrogens is 1650 g/mol. The standard InChI is InChI=1S/C118H124N10O6/c119-61-23-29-85-91(43-61)95(53-123-49-57-19-25-73-81-37-33-77-69-11-1-7-55-8-2-12-70(101(55)69)78-34-38-82(109(81)107(77)78)74-26-20-58(50-123)99(57)105(73)74)93-44-62(120)45-97-111(93)113(85)121-115-87-41-31-65(67-15-5-17-89(103(67)87)117(129)125(97)115)66-32-42-88-104-68(66)16-6-18-90(104)118(130)126-98-48-64(128(133)134)47-94-96(92-46-63(127(131)132)24-30-86(92)114(112(94)98)122-116(88)126)54-124-51-59-21-27-75-83-39-35-79-71-13-3-9-56-10-4-14-72(102(56)71)80-36-40-84(110(83)108(79)80)76-28-22-60(52-124)100(59)106(75)76/h5-6,15-18,23-24,29-32,41-48,55-60,69-84,99-102,105-110H,1-4,7-14,19-22,25-28,33-40,49-54,119-120H2/t55?,56?,57?,58?,59?,60?,69?,70?,71?,72?,73?,74?,75?,76?,77-,78?,79?,80?,81?,82?,83?,84?,99?,100?,101?,102?,105?,106?,107?,108?,109?,110?/m0/s1. The third kappa shape index (κ3) is 10.3. The molecule has 26 atom stereocenters. The number of pyridine rings is 2. The van der Waals surface area contributed by atoms with E-state index in [0.717, 1.165) is 263 Å². The first-order chi connectivity index (χ1) is 65.7. The molecule has 10 aromatic carbocycles.